The Balaban J connectivity index is 4.12. The summed E-state index contributed by atoms with van der Waals surface area (Å²) in [6, 6.07) is 5.54. The molecule has 2 unspecified atom stereocenters. The maximum atomic E-state index is 10.3. The second kappa shape index (κ2) is 7.65. The molecule has 0 bridgehead atoms. The number of nitriles is 2. The molecule has 27 heavy (non-hydrogen) atoms. The van der Waals surface area contributed by atoms with E-state index in [4.69, 9.17) is 0 Å². The van der Waals surface area contributed by atoms with Crippen LogP contribution in [0.1, 0.15) is 41.5 Å². The predicted octanol–water partition coefficient (Wildman–Crippen LogP) is 7.38. The molecule has 1 aliphatic rings. The molecule has 0 spiro atoms. The van der Waals surface area contributed by atoms with Crippen molar-refractivity contribution in [3.8, 4) is 12.1 Å². The van der Waals surface area contributed by atoms with Gasteiger partial charge in [-0.1, -0.05) is 0 Å². The fourth-order valence-corrected chi connectivity index (χ4v) is 68.1. The van der Waals surface area contributed by atoms with Crippen LogP contribution in [-0.2, 0) is 0 Å². The molecule has 5 heteroatoms. The maximum absolute atomic E-state index is 10.3. The zero-order valence-electron chi connectivity index (χ0n) is 19.9. The summed E-state index contributed by atoms with van der Waals surface area (Å²) < 4.78 is 1.21. The molecule has 1 heterocycles. The van der Waals surface area contributed by atoms with E-state index in [-0.39, 0.29) is 18.7 Å². The van der Waals surface area contributed by atoms with Crippen molar-refractivity contribution < 1.29 is 0 Å². The summed E-state index contributed by atoms with van der Waals surface area (Å²) in [5.41, 5.74) is 0.278. The first kappa shape index (κ1) is 25.0. The van der Waals surface area contributed by atoms with Crippen molar-refractivity contribution in [2.45, 2.75) is 95.8 Å². The second-order valence-corrected chi connectivity index (χ2v) is 39.4. The molecule has 0 amide bonds. The summed E-state index contributed by atoms with van der Waals surface area (Å²) in [5.74, 6) is 0. The zero-order valence-corrected chi connectivity index (χ0v) is 24.7. The summed E-state index contributed by atoms with van der Waals surface area (Å²) in [5, 5.41) is 20.7. The third kappa shape index (κ3) is 4.59. The Morgan fingerprint density at radius 1 is 0.704 bits per heavy atom. The molecule has 0 fully saturated rings. The van der Waals surface area contributed by atoms with Crippen molar-refractivity contribution in [3.63, 3.8) is 0 Å². The van der Waals surface area contributed by atoms with Gasteiger partial charge in [0.25, 0.3) is 0 Å². The van der Waals surface area contributed by atoms with Crippen LogP contribution in [0.2, 0.25) is 54.3 Å². The quantitative estimate of drug-likeness (QED) is 0.293. The monoisotopic (exact) mass is 510 g/mol. The van der Waals surface area contributed by atoms with E-state index in [0.29, 0.717) is 7.11 Å². The van der Waals surface area contributed by atoms with Crippen LogP contribution < -0.4 is 0 Å². The number of hydrogen-bond acceptors (Lipinski definition) is 2. The van der Waals surface area contributed by atoms with Gasteiger partial charge in [-0.3, -0.25) is 0 Å². The Hall–Kier alpha value is -0.0475. The van der Waals surface area contributed by atoms with Gasteiger partial charge in [-0.2, -0.15) is 0 Å². The first-order chi connectivity index (χ1) is 11.9. The van der Waals surface area contributed by atoms with Crippen molar-refractivity contribution in [3.05, 3.63) is 12.2 Å². The molecule has 2 nitrogen and oxygen atoms in total. The molecule has 1 rings (SSSR count). The first-order valence-electron chi connectivity index (χ1n) is 10.3. The van der Waals surface area contributed by atoms with Crippen LogP contribution in [0.15, 0.2) is 12.2 Å². The molecule has 152 valence electrons. The Bertz CT molecular complexity index is 571. The Morgan fingerprint density at radius 2 is 0.963 bits per heavy atom. The molecular formula is C22H42N2Si2Sn. The van der Waals surface area contributed by atoms with Gasteiger partial charge >= 0.3 is 176 Å². The van der Waals surface area contributed by atoms with Crippen LogP contribution in [0.3, 0.4) is 0 Å². The Morgan fingerprint density at radius 3 is 1.11 bits per heavy atom. The number of allylic oxidation sites excluding steroid dienone is 2. The predicted molar refractivity (Wildman–Crippen MR) is 127 cm³/mol. The molecular weight excluding hydrogens is 467 g/mol. The van der Waals surface area contributed by atoms with E-state index in [1.54, 1.807) is 0 Å². The van der Waals surface area contributed by atoms with E-state index in [1.807, 2.05) is 0 Å². The van der Waals surface area contributed by atoms with Crippen molar-refractivity contribution in [1.29, 1.82) is 10.5 Å². The molecule has 0 saturated heterocycles. The molecule has 0 aliphatic carbocycles. The summed E-state index contributed by atoms with van der Waals surface area (Å²) in [4.78, 5) is 0. The molecule has 0 radical (unpaired) electrons. The minimum absolute atomic E-state index is 0.0239. The van der Waals surface area contributed by atoms with Gasteiger partial charge in [-0.05, 0) is 0 Å². The third-order valence-electron chi connectivity index (χ3n) is 6.32. The van der Waals surface area contributed by atoms with E-state index in [0.717, 1.165) is 0 Å². The van der Waals surface area contributed by atoms with Gasteiger partial charge in [0.15, 0.2) is 0 Å². The SMILES string of the molecule is CC(C)(C)[CH]([Si](C)(C)C)[Sn]1([CH](C(C)(C)C)[Si](C)(C)C)[C@H](C#N)C=C[C@@H]1C#N. The number of hydrogen-bond donors (Lipinski definition) is 0. The van der Waals surface area contributed by atoms with Crippen LogP contribution in [0.5, 0.6) is 0 Å². The molecule has 4 atom stereocenters. The van der Waals surface area contributed by atoms with E-state index in [1.165, 1.54) is 0 Å². The van der Waals surface area contributed by atoms with Crippen LogP contribution in [0.25, 0.3) is 0 Å². The summed E-state index contributed by atoms with van der Waals surface area (Å²) in [7, 11) is -3.25. The van der Waals surface area contributed by atoms with E-state index in [9.17, 15) is 10.5 Å². The average molecular weight is 509 g/mol. The van der Waals surface area contributed by atoms with Crippen molar-refractivity contribution in [1.82, 2.24) is 0 Å². The van der Waals surface area contributed by atoms with Crippen molar-refractivity contribution in [2.24, 2.45) is 10.8 Å². The number of rotatable bonds is 4. The van der Waals surface area contributed by atoms with Gasteiger partial charge in [0.05, 0.1) is 0 Å². The van der Waals surface area contributed by atoms with Gasteiger partial charge in [0.1, 0.15) is 0 Å². The topological polar surface area (TPSA) is 47.6 Å². The fraction of sp³-hybridized carbons (Fsp3) is 0.818. The number of nitrogens with zero attached hydrogens (tertiary/aromatic N) is 2. The second-order valence-electron chi connectivity index (χ2n) is 12.9. The standard InChI is InChI=1S/2C8H19Si.C6H4N2.Sn/c2*1-8(2,3)7-9(4,5)6;7-5-3-1-2-4-6-8;/h2*7H,1-6H3;1-4H;. The molecule has 1 aliphatic heterocycles. The van der Waals surface area contributed by atoms with Gasteiger partial charge in [-0.25, -0.2) is 0 Å². The van der Waals surface area contributed by atoms with Gasteiger partial charge in [-0.15, -0.1) is 0 Å². The first-order valence-corrected chi connectivity index (χ1v) is 24.1. The van der Waals surface area contributed by atoms with Crippen molar-refractivity contribution >= 4 is 34.5 Å². The van der Waals surface area contributed by atoms with Gasteiger partial charge in [0.2, 0.25) is 0 Å². The average Bonchev–Trinajstić information content (AvgIpc) is 2.69. The van der Waals surface area contributed by atoms with Crippen LogP contribution in [0.4, 0.5) is 0 Å². The van der Waals surface area contributed by atoms with E-state index < -0.39 is 34.5 Å². The molecule has 0 saturated carbocycles. The summed E-state index contributed by atoms with van der Waals surface area (Å²) in [6.45, 7) is 29.3. The van der Waals surface area contributed by atoms with E-state index >= 15 is 0 Å². The van der Waals surface area contributed by atoms with Crippen LogP contribution in [0, 0.1) is 33.5 Å². The molecule has 0 aromatic rings. The molecule has 0 N–H and O–H groups in total. The summed E-state index contributed by atoms with van der Waals surface area (Å²) >= 11 is -3.47. The van der Waals surface area contributed by atoms with Gasteiger partial charge < -0.3 is 0 Å². The Labute approximate surface area is 175 Å². The Kier molecular flexibility index (Phi) is 7.08. The zero-order chi connectivity index (χ0) is 21.6. The van der Waals surface area contributed by atoms with Crippen LogP contribution >= 0.6 is 0 Å². The van der Waals surface area contributed by atoms with Crippen molar-refractivity contribution in [2.75, 3.05) is 0 Å². The van der Waals surface area contributed by atoms with Crippen LogP contribution in [-0.4, -0.2) is 34.5 Å². The normalized spacial score (nSPS) is 29.1. The van der Waals surface area contributed by atoms with E-state index in [2.05, 4.69) is 105 Å². The fourth-order valence-electron chi connectivity index (χ4n) is 7.54. The third-order valence-corrected chi connectivity index (χ3v) is 51.7. The summed E-state index contributed by atoms with van der Waals surface area (Å²) in [6.07, 6.45) is 4.34. The molecule has 0 aromatic carbocycles. The minimum atomic E-state index is -3.47. The van der Waals surface area contributed by atoms with Gasteiger partial charge in [0, 0.05) is 0 Å². The molecule has 0 aromatic heterocycles.